The SMILES string of the molecule is O=C(O)CCCC=C[C@@H]1[C@H]2CC[C@H](C2)[C@@H]1CNS(=O)(=O)c1ccc(Br)cc1. The number of unbranched alkanes of at least 4 members (excludes halogenated alkanes) is 1. The highest BCUT2D eigenvalue weighted by Crippen LogP contribution is 2.52. The molecule has 0 saturated heterocycles. The fraction of sp³-hybridized carbons (Fsp3) is 0.550. The average molecular weight is 456 g/mol. The summed E-state index contributed by atoms with van der Waals surface area (Å²) in [6.45, 7) is 0.462. The lowest BCUT2D eigenvalue weighted by atomic mass is 9.79. The molecule has 2 N–H and O–H groups in total. The average Bonchev–Trinajstić information content (AvgIpc) is 3.21. The van der Waals surface area contributed by atoms with Gasteiger partial charge in [0.2, 0.25) is 10.0 Å². The molecular weight excluding hydrogens is 430 g/mol. The van der Waals surface area contributed by atoms with Gasteiger partial charge in [-0.1, -0.05) is 28.1 Å². The van der Waals surface area contributed by atoms with E-state index in [1.54, 1.807) is 24.3 Å². The van der Waals surface area contributed by atoms with Crippen LogP contribution in [0, 0.1) is 23.7 Å². The van der Waals surface area contributed by atoms with Crippen LogP contribution in [0.5, 0.6) is 0 Å². The van der Waals surface area contributed by atoms with E-state index in [0.717, 1.165) is 10.9 Å². The molecule has 1 aromatic carbocycles. The standard InChI is InChI=1S/C20H26BrNO4S/c21-16-8-10-17(11-9-16)27(25,26)22-13-19-15-7-6-14(12-15)18(19)4-2-1-3-5-20(23)24/h2,4,8-11,14-15,18-19,22H,1,3,5-7,12-13H2,(H,23,24)/t14-,15+,18+,19-/m0/s1. The van der Waals surface area contributed by atoms with Crippen molar-refractivity contribution in [2.45, 2.75) is 43.4 Å². The molecule has 0 unspecified atom stereocenters. The molecule has 2 fully saturated rings. The normalized spacial score (nSPS) is 27.4. The minimum atomic E-state index is -3.50. The summed E-state index contributed by atoms with van der Waals surface area (Å²) in [5.74, 6) is 1.17. The maximum atomic E-state index is 12.6. The smallest absolute Gasteiger partial charge is 0.303 e. The van der Waals surface area contributed by atoms with Crippen molar-refractivity contribution in [3.63, 3.8) is 0 Å². The Morgan fingerprint density at radius 2 is 1.93 bits per heavy atom. The highest BCUT2D eigenvalue weighted by Gasteiger charge is 2.46. The molecule has 27 heavy (non-hydrogen) atoms. The van der Waals surface area contributed by atoms with E-state index in [9.17, 15) is 13.2 Å². The van der Waals surface area contributed by atoms with Crippen molar-refractivity contribution in [3.8, 4) is 0 Å². The molecule has 0 radical (unpaired) electrons. The summed E-state index contributed by atoms with van der Waals surface area (Å²) in [7, 11) is -3.50. The molecule has 0 aromatic heterocycles. The van der Waals surface area contributed by atoms with Crippen LogP contribution in [0.25, 0.3) is 0 Å². The van der Waals surface area contributed by atoms with Crippen LogP contribution in [-0.4, -0.2) is 26.0 Å². The summed E-state index contributed by atoms with van der Waals surface area (Å²) in [6, 6.07) is 6.67. The van der Waals surface area contributed by atoms with Crippen LogP contribution in [0.15, 0.2) is 45.8 Å². The third-order valence-electron chi connectivity index (χ3n) is 5.91. The zero-order valence-electron chi connectivity index (χ0n) is 15.2. The Morgan fingerprint density at radius 1 is 1.22 bits per heavy atom. The molecule has 1 aromatic rings. The summed E-state index contributed by atoms with van der Waals surface area (Å²) in [5.41, 5.74) is 0. The van der Waals surface area contributed by atoms with Gasteiger partial charge < -0.3 is 5.11 Å². The number of sulfonamides is 1. The van der Waals surface area contributed by atoms with Gasteiger partial charge in [-0.05, 0) is 80.0 Å². The van der Waals surface area contributed by atoms with Gasteiger partial charge in [-0.3, -0.25) is 4.79 Å². The molecule has 2 saturated carbocycles. The third kappa shape index (κ3) is 5.21. The van der Waals surface area contributed by atoms with Crippen molar-refractivity contribution in [1.29, 1.82) is 0 Å². The van der Waals surface area contributed by atoms with E-state index in [2.05, 4.69) is 32.8 Å². The van der Waals surface area contributed by atoms with Gasteiger partial charge in [-0.2, -0.15) is 0 Å². The van der Waals surface area contributed by atoms with Gasteiger partial charge in [0, 0.05) is 17.4 Å². The fourth-order valence-electron chi connectivity index (χ4n) is 4.59. The fourth-order valence-corrected chi connectivity index (χ4v) is 5.92. The molecule has 0 heterocycles. The van der Waals surface area contributed by atoms with E-state index in [-0.39, 0.29) is 11.3 Å². The monoisotopic (exact) mass is 455 g/mol. The number of carbonyl (C=O) groups is 1. The Bertz CT molecular complexity index is 791. The molecule has 2 aliphatic rings. The molecule has 4 atom stereocenters. The number of halogens is 1. The third-order valence-corrected chi connectivity index (χ3v) is 7.88. The summed E-state index contributed by atoms with van der Waals surface area (Å²) >= 11 is 3.32. The van der Waals surface area contributed by atoms with Crippen molar-refractivity contribution in [2.75, 3.05) is 6.54 Å². The van der Waals surface area contributed by atoms with Crippen molar-refractivity contribution in [2.24, 2.45) is 23.7 Å². The highest BCUT2D eigenvalue weighted by atomic mass is 79.9. The Balaban J connectivity index is 1.59. The predicted octanol–water partition coefficient (Wildman–Crippen LogP) is 4.20. The maximum Gasteiger partial charge on any atom is 0.303 e. The van der Waals surface area contributed by atoms with Gasteiger partial charge in [0.15, 0.2) is 0 Å². The predicted molar refractivity (Wildman–Crippen MR) is 108 cm³/mol. The lowest BCUT2D eigenvalue weighted by Gasteiger charge is -2.29. The number of nitrogens with one attached hydrogen (secondary N) is 1. The van der Waals surface area contributed by atoms with Crippen molar-refractivity contribution in [1.82, 2.24) is 4.72 Å². The molecule has 3 rings (SSSR count). The molecule has 5 nitrogen and oxygen atoms in total. The second-order valence-electron chi connectivity index (χ2n) is 7.59. The number of hydrogen-bond acceptors (Lipinski definition) is 3. The van der Waals surface area contributed by atoms with Gasteiger partial charge in [0.25, 0.3) is 0 Å². The molecule has 2 aliphatic carbocycles. The number of hydrogen-bond donors (Lipinski definition) is 2. The van der Waals surface area contributed by atoms with E-state index in [0.29, 0.717) is 36.6 Å². The second kappa shape index (κ2) is 8.88. The molecule has 2 bridgehead atoms. The Morgan fingerprint density at radius 3 is 2.63 bits per heavy atom. The van der Waals surface area contributed by atoms with E-state index in [4.69, 9.17) is 5.11 Å². The minimum Gasteiger partial charge on any atom is -0.481 e. The Kier molecular flexibility index (Phi) is 6.76. The van der Waals surface area contributed by atoms with E-state index in [1.165, 1.54) is 19.3 Å². The van der Waals surface area contributed by atoms with Crippen LogP contribution in [0.3, 0.4) is 0 Å². The summed E-state index contributed by atoms with van der Waals surface area (Å²) in [5, 5.41) is 8.72. The van der Waals surface area contributed by atoms with E-state index in [1.807, 2.05) is 0 Å². The molecule has 0 spiro atoms. The first kappa shape index (κ1) is 20.6. The van der Waals surface area contributed by atoms with Gasteiger partial charge >= 0.3 is 5.97 Å². The zero-order valence-corrected chi connectivity index (χ0v) is 17.6. The van der Waals surface area contributed by atoms with Gasteiger partial charge in [-0.25, -0.2) is 13.1 Å². The van der Waals surface area contributed by atoms with E-state index >= 15 is 0 Å². The zero-order chi connectivity index (χ0) is 19.4. The Hall–Kier alpha value is -1.18. The minimum absolute atomic E-state index is 0.192. The van der Waals surface area contributed by atoms with Crippen molar-refractivity contribution in [3.05, 3.63) is 40.9 Å². The van der Waals surface area contributed by atoms with Crippen LogP contribution >= 0.6 is 15.9 Å². The number of carboxylic acid groups (broad SMARTS) is 1. The highest BCUT2D eigenvalue weighted by molar-refractivity contribution is 9.10. The van der Waals surface area contributed by atoms with Gasteiger partial charge in [-0.15, -0.1) is 0 Å². The first-order valence-corrected chi connectivity index (χ1v) is 11.8. The maximum absolute atomic E-state index is 12.6. The second-order valence-corrected chi connectivity index (χ2v) is 10.3. The summed E-state index contributed by atoms with van der Waals surface area (Å²) in [4.78, 5) is 10.9. The van der Waals surface area contributed by atoms with Gasteiger partial charge in [0.1, 0.15) is 0 Å². The number of aliphatic carboxylic acids is 1. The topological polar surface area (TPSA) is 83.5 Å². The molecule has 0 amide bonds. The first-order chi connectivity index (χ1) is 12.9. The Labute approximate surface area is 169 Å². The van der Waals surface area contributed by atoms with E-state index < -0.39 is 16.0 Å². The molecule has 0 aliphatic heterocycles. The number of rotatable bonds is 9. The number of fused-ring (bicyclic) bond motifs is 2. The quantitative estimate of drug-likeness (QED) is 0.431. The lowest BCUT2D eigenvalue weighted by Crippen LogP contribution is -2.35. The number of carboxylic acids is 1. The number of allylic oxidation sites excluding steroid dienone is 2. The van der Waals surface area contributed by atoms with Crippen LogP contribution in [0.2, 0.25) is 0 Å². The van der Waals surface area contributed by atoms with Crippen LogP contribution in [-0.2, 0) is 14.8 Å². The molecule has 148 valence electrons. The molecular formula is C20H26BrNO4S. The van der Waals surface area contributed by atoms with Crippen molar-refractivity contribution >= 4 is 31.9 Å². The van der Waals surface area contributed by atoms with Crippen molar-refractivity contribution < 1.29 is 18.3 Å². The summed E-state index contributed by atoms with van der Waals surface area (Å²) < 4.78 is 28.8. The van der Waals surface area contributed by atoms with Crippen LogP contribution in [0.4, 0.5) is 0 Å². The number of benzene rings is 1. The molecule has 7 heteroatoms. The van der Waals surface area contributed by atoms with Crippen LogP contribution < -0.4 is 4.72 Å². The largest absolute Gasteiger partial charge is 0.481 e. The first-order valence-electron chi connectivity index (χ1n) is 9.50. The van der Waals surface area contributed by atoms with Gasteiger partial charge in [0.05, 0.1) is 4.90 Å². The lowest BCUT2D eigenvalue weighted by molar-refractivity contribution is -0.137. The summed E-state index contributed by atoms with van der Waals surface area (Å²) in [6.07, 6.45) is 9.47. The van der Waals surface area contributed by atoms with Crippen LogP contribution in [0.1, 0.15) is 38.5 Å².